The van der Waals surface area contributed by atoms with E-state index in [1.165, 1.54) is 17.2 Å². The lowest BCUT2D eigenvalue weighted by Crippen LogP contribution is -2.37. The van der Waals surface area contributed by atoms with Gasteiger partial charge in [0.05, 0.1) is 6.10 Å². The van der Waals surface area contributed by atoms with E-state index in [9.17, 15) is 19.5 Å². The van der Waals surface area contributed by atoms with Gasteiger partial charge >= 0.3 is 5.69 Å². The first kappa shape index (κ1) is 11.6. The van der Waals surface area contributed by atoms with E-state index in [-0.39, 0.29) is 12.5 Å². The van der Waals surface area contributed by atoms with Gasteiger partial charge in [-0.1, -0.05) is 0 Å². The number of hydrogen-bond donors (Lipinski definition) is 2. The van der Waals surface area contributed by atoms with Crippen molar-refractivity contribution in [2.45, 2.75) is 19.1 Å². The van der Waals surface area contributed by atoms with E-state index >= 15 is 0 Å². The lowest BCUT2D eigenvalue weighted by molar-refractivity contribution is -0.131. The van der Waals surface area contributed by atoms with Crippen LogP contribution in [-0.2, 0) is 11.3 Å². The summed E-state index contributed by atoms with van der Waals surface area (Å²) in [5.41, 5.74) is -1.10. The van der Waals surface area contributed by atoms with Crippen LogP contribution in [0.5, 0.6) is 0 Å². The molecule has 92 valence electrons. The molecule has 7 heteroatoms. The molecule has 2 heterocycles. The van der Waals surface area contributed by atoms with Crippen molar-refractivity contribution in [3.05, 3.63) is 33.1 Å². The molecule has 0 aliphatic carbocycles. The largest absolute Gasteiger partial charge is 0.391 e. The van der Waals surface area contributed by atoms with Crippen LogP contribution in [-0.4, -0.2) is 44.7 Å². The zero-order chi connectivity index (χ0) is 12.4. The predicted octanol–water partition coefficient (Wildman–Crippen LogP) is -1.87. The van der Waals surface area contributed by atoms with E-state index in [1.54, 1.807) is 0 Å². The summed E-state index contributed by atoms with van der Waals surface area (Å²) < 4.78 is 1.13. The Morgan fingerprint density at radius 3 is 2.88 bits per heavy atom. The van der Waals surface area contributed by atoms with Gasteiger partial charge in [-0.15, -0.1) is 0 Å². The van der Waals surface area contributed by atoms with Crippen LogP contribution in [0.3, 0.4) is 0 Å². The molecule has 1 atom stereocenters. The highest BCUT2D eigenvalue weighted by Crippen LogP contribution is 2.08. The number of nitrogens with zero attached hydrogens (tertiary/aromatic N) is 2. The van der Waals surface area contributed by atoms with E-state index in [1.807, 2.05) is 0 Å². The van der Waals surface area contributed by atoms with Gasteiger partial charge in [-0.05, 0) is 6.42 Å². The van der Waals surface area contributed by atoms with Crippen molar-refractivity contribution in [3.63, 3.8) is 0 Å². The molecule has 1 unspecified atom stereocenters. The summed E-state index contributed by atoms with van der Waals surface area (Å²) >= 11 is 0. The molecule has 1 saturated heterocycles. The van der Waals surface area contributed by atoms with E-state index < -0.39 is 17.4 Å². The molecule has 2 rings (SSSR count). The van der Waals surface area contributed by atoms with Crippen LogP contribution >= 0.6 is 0 Å². The average Bonchev–Trinajstić information content (AvgIpc) is 2.69. The first-order valence-electron chi connectivity index (χ1n) is 5.32. The first-order chi connectivity index (χ1) is 8.06. The number of likely N-dealkylation sites (tertiary alicyclic amines) is 1. The second kappa shape index (κ2) is 4.54. The normalized spacial score (nSPS) is 19.6. The summed E-state index contributed by atoms with van der Waals surface area (Å²) in [6, 6.07) is 1.19. The van der Waals surface area contributed by atoms with Gasteiger partial charge in [0.15, 0.2) is 0 Å². The molecule has 0 saturated carbocycles. The van der Waals surface area contributed by atoms with E-state index in [4.69, 9.17) is 0 Å². The van der Waals surface area contributed by atoms with Crippen LogP contribution in [0.15, 0.2) is 21.9 Å². The molecule has 1 aliphatic rings. The number of aromatic nitrogens is 2. The van der Waals surface area contributed by atoms with Gasteiger partial charge in [0, 0.05) is 25.4 Å². The minimum atomic E-state index is -0.606. The number of carbonyl (C=O) groups is 1. The Morgan fingerprint density at radius 2 is 2.29 bits per heavy atom. The monoisotopic (exact) mass is 239 g/mol. The summed E-state index contributed by atoms with van der Waals surface area (Å²) in [7, 11) is 0. The Balaban J connectivity index is 2.08. The van der Waals surface area contributed by atoms with E-state index in [0.717, 1.165) is 4.57 Å². The fourth-order valence-electron chi connectivity index (χ4n) is 1.78. The molecule has 0 spiro atoms. The van der Waals surface area contributed by atoms with Gasteiger partial charge in [0.25, 0.3) is 5.56 Å². The van der Waals surface area contributed by atoms with Gasteiger partial charge in [-0.2, -0.15) is 0 Å². The summed E-state index contributed by atoms with van der Waals surface area (Å²) in [6.07, 6.45) is 1.36. The maximum Gasteiger partial charge on any atom is 0.328 e. The highest BCUT2D eigenvalue weighted by Gasteiger charge is 2.24. The minimum Gasteiger partial charge on any atom is -0.391 e. The quantitative estimate of drug-likeness (QED) is 0.632. The Hall–Kier alpha value is -1.89. The Labute approximate surface area is 96.3 Å². The average molecular weight is 239 g/mol. The van der Waals surface area contributed by atoms with E-state index in [0.29, 0.717) is 19.5 Å². The molecule has 1 fully saturated rings. The number of β-amino-alcohol motifs (C(OH)–C–C–N with tert-alkyl or cyclic N) is 1. The molecule has 1 aromatic rings. The number of amides is 1. The number of carbonyl (C=O) groups excluding carboxylic acids is 1. The highest BCUT2D eigenvalue weighted by atomic mass is 16.3. The fraction of sp³-hybridized carbons (Fsp3) is 0.500. The number of H-pyrrole nitrogens is 1. The maximum absolute atomic E-state index is 11.8. The summed E-state index contributed by atoms with van der Waals surface area (Å²) in [4.78, 5) is 37.5. The van der Waals surface area contributed by atoms with Gasteiger partial charge < -0.3 is 10.0 Å². The Morgan fingerprint density at radius 1 is 1.53 bits per heavy atom. The van der Waals surface area contributed by atoms with Crippen LogP contribution in [0.25, 0.3) is 0 Å². The van der Waals surface area contributed by atoms with Crippen molar-refractivity contribution in [3.8, 4) is 0 Å². The van der Waals surface area contributed by atoms with Crippen LogP contribution in [0, 0.1) is 0 Å². The SMILES string of the molecule is O=C(Cn1ccc(=O)[nH]c1=O)N1CCC(O)C1. The van der Waals surface area contributed by atoms with Crippen molar-refractivity contribution in [2.75, 3.05) is 13.1 Å². The summed E-state index contributed by atoms with van der Waals surface area (Å²) in [5, 5.41) is 9.30. The van der Waals surface area contributed by atoms with Crippen molar-refractivity contribution in [2.24, 2.45) is 0 Å². The molecule has 1 aromatic heterocycles. The Kier molecular flexibility index (Phi) is 3.10. The number of hydrogen-bond acceptors (Lipinski definition) is 4. The van der Waals surface area contributed by atoms with Gasteiger partial charge in [-0.25, -0.2) is 4.79 Å². The molecule has 7 nitrogen and oxygen atoms in total. The summed E-state index contributed by atoms with van der Waals surface area (Å²) in [6.45, 7) is 0.678. The van der Waals surface area contributed by atoms with Crippen LogP contribution in [0.1, 0.15) is 6.42 Å². The first-order valence-corrected chi connectivity index (χ1v) is 5.32. The zero-order valence-corrected chi connectivity index (χ0v) is 9.13. The van der Waals surface area contributed by atoms with Crippen LogP contribution in [0.4, 0.5) is 0 Å². The molecule has 1 aliphatic heterocycles. The van der Waals surface area contributed by atoms with Gasteiger partial charge in [0.2, 0.25) is 5.91 Å². The number of nitrogens with one attached hydrogen (secondary N) is 1. The van der Waals surface area contributed by atoms with Crippen molar-refractivity contribution < 1.29 is 9.90 Å². The lowest BCUT2D eigenvalue weighted by atomic mass is 10.3. The second-order valence-corrected chi connectivity index (χ2v) is 4.02. The van der Waals surface area contributed by atoms with Crippen molar-refractivity contribution >= 4 is 5.91 Å². The molecule has 0 radical (unpaired) electrons. The number of aliphatic hydroxyl groups is 1. The maximum atomic E-state index is 11.8. The minimum absolute atomic E-state index is 0.123. The van der Waals surface area contributed by atoms with Crippen molar-refractivity contribution in [1.82, 2.24) is 14.5 Å². The highest BCUT2D eigenvalue weighted by molar-refractivity contribution is 5.76. The lowest BCUT2D eigenvalue weighted by Gasteiger charge is -2.15. The van der Waals surface area contributed by atoms with Gasteiger partial charge in [0.1, 0.15) is 6.54 Å². The third-order valence-corrected chi connectivity index (χ3v) is 2.72. The molecular weight excluding hydrogens is 226 g/mol. The standard InChI is InChI=1S/C10H13N3O4/c14-7-1-3-12(5-7)9(16)6-13-4-2-8(15)11-10(13)17/h2,4,7,14H,1,3,5-6H2,(H,11,15,17). The smallest absolute Gasteiger partial charge is 0.328 e. The number of aromatic amines is 1. The van der Waals surface area contributed by atoms with Crippen molar-refractivity contribution in [1.29, 1.82) is 0 Å². The molecular formula is C10H13N3O4. The molecule has 17 heavy (non-hydrogen) atoms. The zero-order valence-electron chi connectivity index (χ0n) is 9.13. The third-order valence-electron chi connectivity index (χ3n) is 2.72. The molecule has 1 amide bonds. The third kappa shape index (κ3) is 2.62. The second-order valence-electron chi connectivity index (χ2n) is 4.02. The Bertz CT molecular complexity index is 533. The fourth-order valence-corrected chi connectivity index (χ4v) is 1.78. The molecule has 0 bridgehead atoms. The predicted molar refractivity (Wildman–Crippen MR) is 58.5 cm³/mol. The molecule has 2 N–H and O–H groups in total. The number of aliphatic hydroxyl groups excluding tert-OH is 1. The molecule has 0 aromatic carbocycles. The van der Waals surface area contributed by atoms with E-state index in [2.05, 4.69) is 4.98 Å². The summed E-state index contributed by atoms with van der Waals surface area (Å²) in [5.74, 6) is -0.240. The van der Waals surface area contributed by atoms with Crippen LogP contribution < -0.4 is 11.2 Å². The number of rotatable bonds is 2. The van der Waals surface area contributed by atoms with Gasteiger partial charge in [-0.3, -0.25) is 19.1 Å². The van der Waals surface area contributed by atoms with Crippen LogP contribution in [0.2, 0.25) is 0 Å². The topological polar surface area (TPSA) is 95.4 Å².